The van der Waals surface area contributed by atoms with Crippen molar-refractivity contribution in [2.75, 3.05) is 6.61 Å². The van der Waals surface area contributed by atoms with Crippen molar-refractivity contribution in [2.45, 2.75) is 51.1 Å². The van der Waals surface area contributed by atoms with Crippen LogP contribution in [-0.4, -0.2) is 24.7 Å². The zero-order chi connectivity index (χ0) is 9.97. The molecule has 2 aliphatic rings. The van der Waals surface area contributed by atoms with E-state index in [4.69, 9.17) is 4.74 Å². The minimum atomic E-state index is 0.00292. The standard InChI is InChI=1S/C11H19NO2/c1-2-14-11(13)9-4-3-5-10(9)12-8-6-7-8/h8-10,12H,2-7H2,1H3/t9-,10+/m1/s1. The molecule has 2 aliphatic carbocycles. The van der Waals surface area contributed by atoms with Crippen LogP contribution in [0.15, 0.2) is 0 Å². The van der Waals surface area contributed by atoms with Gasteiger partial charge in [-0.05, 0) is 32.6 Å². The molecule has 3 nitrogen and oxygen atoms in total. The molecule has 2 fully saturated rings. The van der Waals surface area contributed by atoms with Crippen molar-refractivity contribution in [1.82, 2.24) is 5.32 Å². The first-order chi connectivity index (χ1) is 6.81. The summed E-state index contributed by atoms with van der Waals surface area (Å²) >= 11 is 0. The summed E-state index contributed by atoms with van der Waals surface area (Å²) in [6, 6.07) is 1.08. The van der Waals surface area contributed by atoms with Gasteiger partial charge < -0.3 is 10.1 Å². The van der Waals surface area contributed by atoms with Gasteiger partial charge in [0.05, 0.1) is 12.5 Å². The van der Waals surface area contributed by atoms with E-state index in [9.17, 15) is 4.79 Å². The number of ether oxygens (including phenoxy) is 1. The van der Waals surface area contributed by atoms with Gasteiger partial charge in [0.1, 0.15) is 0 Å². The van der Waals surface area contributed by atoms with E-state index in [2.05, 4.69) is 5.32 Å². The topological polar surface area (TPSA) is 38.3 Å². The fourth-order valence-electron chi connectivity index (χ4n) is 2.24. The molecule has 2 atom stereocenters. The monoisotopic (exact) mass is 197 g/mol. The number of hydrogen-bond donors (Lipinski definition) is 1. The number of nitrogens with one attached hydrogen (secondary N) is 1. The van der Waals surface area contributed by atoms with E-state index in [1.807, 2.05) is 6.92 Å². The van der Waals surface area contributed by atoms with Crippen LogP contribution < -0.4 is 5.32 Å². The number of hydrogen-bond acceptors (Lipinski definition) is 3. The number of carbonyl (C=O) groups excluding carboxylic acids is 1. The smallest absolute Gasteiger partial charge is 0.310 e. The lowest BCUT2D eigenvalue weighted by Crippen LogP contribution is -2.38. The molecule has 1 N–H and O–H groups in total. The van der Waals surface area contributed by atoms with Crippen LogP contribution in [-0.2, 0) is 9.53 Å². The van der Waals surface area contributed by atoms with Crippen LogP contribution in [0.2, 0.25) is 0 Å². The third-order valence-corrected chi connectivity index (χ3v) is 3.13. The molecule has 0 heterocycles. The Kier molecular flexibility index (Phi) is 3.06. The average Bonchev–Trinajstić information content (AvgIpc) is 2.82. The molecule has 0 aromatic carbocycles. The fraction of sp³-hybridized carbons (Fsp3) is 0.909. The largest absolute Gasteiger partial charge is 0.466 e. The van der Waals surface area contributed by atoms with Gasteiger partial charge in [-0.3, -0.25) is 4.79 Å². The Balaban J connectivity index is 1.84. The Morgan fingerprint density at radius 3 is 2.79 bits per heavy atom. The number of esters is 1. The van der Waals surface area contributed by atoms with Crippen LogP contribution in [0.5, 0.6) is 0 Å². The third kappa shape index (κ3) is 2.27. The van der Waals surface area contributed by atoms with Gasteiger partial charge in [0, 0.05) is 12.1 Å². The van der Waals surface area contributed by atoms with E-state index in [1.165, 1.54) is 12.8 Å². The Hall–Kier alpha value is -0.570. The van der Waals surface area contributed by atoms with Crippen molar-refractivity contribution >= 4 is 5.97 Å². The highest BCUT2D eigenvalue weighted by Gasteiger charge is 2.37. The molecule has 2 saturated carbocycles. The molecule has 0 radical (unpaired) electrons. The van der Waals surface area contributed by atoms with E-state index >= 15 is 0 Å². The van der Waals surface area contributed by atoms with Crippen molar-refractivity contribution in [3.05, 3.63) is 0 Å². The van der Waals surface area contributed by atoms with E-state index in [0.29, 0.717) is 18.7 Å². The maximum atomic E-state index is 11.6. The Morgan fingerprint density at radius 1 is 1.36 bits per heavy atom. The molecule has 0 unspecified atom stereocenters. The van der Waals surface area contributed by atoms with Crippen molar-refractivity contribution in [1.29, 1.82) is 0 Å². The van der Waals surface area contributed by atoms with Crippen molar-refractivity contribution < 1.29 is 9.53 Å². The summed E-state index contributed by atoms with van der Waals surface area (Å²) in [7, 11) is 0. The summed E-state index contributed by atoms with van der Waals surface area (Å²) < 4.78 is 5.08. The van der Waals surface area contributed by atoms with Gasteiger partial charge in [-0.1, -0.05) is 6.42 Å². The molecule has 0 bridgehead atoms. The highest BCUT2D eigenvalue weighted by Crippen LogP contribution is 2.30. The van der Waals surface area contributed by atoms with E-state index in [-0.39, 0.29) is 11.9 Å². The van der Waals surface area contributed by atoms with Crippen LogP contribution in [0.1, 0.15) is 39.0 Å². The quantitative estimate of drug-likeness (QED) is 0.694. The fourth-order valence-corrected chi connectivity index (χ4v) is 2.24. The van der Waals surface area contributed by atoms with Crippen molar-refractivity contribution in [3.8, 4) is 0 Å². The van der Waals surface area contributed by atoms with Gasteiger partial charge in [-0.15, -0.1) is 0 Å². The second kappa shape index (κ2) is 4.30. The lowest BCUT2D eigenvalue weighted by atomic mass is 10.0. The first-order valence-corrected chi connectivity index (χ1v) is 5.74. The highest BCUT2D eigenvalue weighted by atomic mass is 16.5. The van der Waals surface area contributed by atoms with Crippen LogP contribution >= 0.6 is 0 Å². The van der Waals surface area contributed by atoms with Crippen LogP contribution in [0.3, 0.4) is 0 Å². The summed E-state index contributed by atoms with van der Waals surface area (Å²) in [5, 5.41) is 3.54. The summed E-state index contributed by atoms with van der Waals surface area (Å²) in [6.45, 7) is 2.38. The lowest BCUT2D eigenvalue weighted by Gasteiger charge is -2.19. The Labute approximate surface area is 85.2 Å². The molecule has 0 spiro atoms. The van der Waals surface area contributed by atoms with Gasteiger partial charge in [0.15, 0.2) is 0 Å². The summed E-state index contributed by atoms with van der Waals surface area (Å²) in [5.41, 5.74) is 0. The minimum Gasteiger partial charge on any atom is -0.466 e. The number of rotatable bonds is 4. The molecular weight excluding hydrogens is 178 g/mol. The SMILES string of the molecule is CCOC(=O)[C@@H]1CCC[C@@H]1NC1CC1. The van der Waals surface area contributed by atoms with Crippen molar-refractivity contribution in [3.63, 3.8) is 0 Å². The maximum absolute atomic E-state index is 11.6. The molecule has 0 amide bonds. The molecule has 0 saturated heterocycles. The molecule has 3 heteroatoms. The maximum Gasteiger partial charge on any atom is 0.310 e. The normalized spacial score (nSPS) is 31.8. The van der Waals surface area contributed by atoms with Gasteiger partial charge in [-0.2, -0.15) is 0 Å². The molecule has 80 valence electrons. The zero-order valence-electron chi connectivity index (χ0n) is 8.79. The summed E-state index contributed by atoms with van der Waals surface area (Å²) in [6.07, 6.45) is 5.87. The summed E-state index contributed by atoms with van der Waals surface area (Å²) in [5.74, 6) is 0.124. The van der Waals surface area contributed by atoms with Gasteiger partial charge >= 0.3 is 5.97 Å². The average molecular weight is 197 g/mol. The molecule has 0 aliphatic heterocycles. The number of carbonyl (C=O) groups is 1. The first kappa shape index (κ1) is 9.97. The molecular formula is C11H19NO2. The summed E-state index contributed by atoms with van der Waals surface area (Å²) in [4.78, 5) is 11.6. The second-order valence-corrected chi connectivity index (χ2v) is 4.34. The Morgan fingerprint density at radius 2 is 2.14 bits per heavy atom. The minimum absolute atomic E-state index is 0.00292. The Bertz CT molecular complexity index is 213. The van der Waals surface area contributed by atoms with Crippen LogP contribution in [0, 0.1) is 5.92 Å². The molecule has 0 aromatic rings. The van der Waals surface area contributed by atoms with Gasteiger partial charge in [0.25, 0.3) is 0 Å². The first-order valence-electron chi connectivity index (χ1n) is 5.74. The predicted molar refractivity (Wildman–Crippen MR) is 53.9 cm³/mol. The van der Waals surface area contributed by atoms with E-state index in [0.717, 1.165) is 19.3 Å². The molecule has 14 heavy (non-hydrogen) atoms. The molecule has 0 aromatic heterocycles. The second-order valence-electron chi connectivity index (χ2n) is 4.34. The van der Waals surface area contributed by atoms with Crippen LogP contribution in [0.25, 0.3) is 0 Å². The van der Waals surface area contributed by atoms with Crippen LogP contribution in [0.4, 0.5) is 0 Å². The van der Waals surface area contributed by atoms with Gasteiger partial charge in [-0.25, -0.2) is 0 Å². The van der Waals surface area contributed by atoms with Gasteiger partial charge in [0.2, 0.25) is 0 Å². The third-order valence-electron chi connectivity index (χ3n) is 3.13. The molecule has 2 rings (SSSR count). The zero-order valence-corrected chi connectivity index (χ0v) is 8.79. The van der Waals surface area contributed by atoms with Crippen molar-refractivity contribution in [2.24, 2.45) is 5.92 Å². The highest BCUT2D eigenvalue weighted by molar-refractivity contribution is 5.73. The van der Waals surface area contributed by atoms with E-state index < -0.39 is 0 Å². The predicted octanol–water partition coefficient (Wildman–Crippen LogP) is 1.47. The van der Waals surface area contributed by atoms with E-state index in [1.54, 1.807) is 0 Å². The lowest BCUT2D eigenvalue weighted by molar-refractivity contribution is -0.148.